The smallest absolute Gasteiger partial charge is 0.309 e. The zero-order valence-electron chi connectivity index (χ0n) is 13.0. The van der Waals surface area contributed by atoms with Crippen LogP contribution in [0.2, 0.25) is 0 Å². The van der Waals surface area contributed by atoms with Crippen molar-refractivity contribution in [2.75, 3.05) is 6.61 Å². The lowest BCUT2D eigenvalue weighted by atomic mass is 10.1. The molecule has 0 N–H and O–H groups in total. The van der Waals surface area contributed by atoms with E-state index in [2.05, 4.69) is 0 Å². The van der Waals surface area contributed by atoms with Crippen LogP contribution in [-0.4, -0.2) is 17.1 Å². The van der Waals surface area contributed by atoms with Gasteiger partial charge in [0.25, 0.3) is 0 Å². The van der Waals surface area contributed by atoms with Gasteiger partial charge in [-0.25, -0.2) is 8.78 Å². The molecule has 2 atom stereocenters. The summed E-state index contributed by atoms with van der Waals surface area (Å²) in [6, 6.07) is 8.15. The van der Waals surface area contributed by atoms with E-state index < -0.39 is 23.5 Å². The van der Waals surface area contributed by atoms with Crippen molar-refractivity contribution in [3.63, 3.8) is 0 Å². The van der Waals surface area contributed by atoms with Crippen molar-refractivity contribution < 1.29 is 18.3 Å². The fraction of sp³-hybridized carbons (Fsp3) is 0.333. The summed E-state index contributed by atoms with van der Waals surface area (Å²) in [7, 11) is 0. The first-order valence-corrected chi connectivity index (χ1v) is 7.83. The van der Waals surface area contributed by atoms with Crippen LogP contribution in [0.4, 0.5) is 8.78 Å². The number of hydrogen-bond donors (Lipinski definition) is 0. The first-order valence-electron chi connectivity index (χ1n) is 7.83. The maximum atomic E-state index is 13.7. The van der Waals surface area contributed by atoms with Crippen LogP contribution in [0, 0.1) is 17.6 Å². The van der Waals surface area contributed by atoms with Gasteiger partial charge in [-0.3, -0.25) is 9.59 Å². The average Bonchev–Trinajstić information content (AvgIpc) is 3.36. The lowest BCUT2D eigenvalue weighted by Crippen LogP contribution is -2.19. The Morgan fingerprint density at radius 1 is 1.25 bits per heavy atom. The number of nitrogens with zero attached hydrogens (tertiary/aromatic N) is 1. The van der Waals surface area contributed by atoms with E-state index in [4.69, 9.17) is 4.74 Å². The number of halogens is 2. The monoisotopic (exact) mass is 333 g/mol. The Bertz CT molecular complexity index is 803. The molecular formula is C18H17F2NO3. The molecule has 0 amide bonds. The van der Waals surface area contributed by atoms with Crippen LogP contribution in [0.25, 0.3) is 0 Å². The predicted molar refractivity (Wildman–Crippen MR) is 83.5 cm³/mol. The standard InChI is InChI=1S/C18H17F2NO3/c19-12-5-6-16(20)14(10-12)13-11-15(13)18(23)24-9-3-8-21-7-2-1-4-17(21)22/h1-2,4-7,10,13,15H,3,8-9,11H2/t13-,15-/m0/s1. The molecule has 1 heterocycles. The molecule has 4 nitrogen and oxygen atoms in total. The highest BCUT2D eigenvalue weighted by Crippen LogP contribution is 2.49. The summed E-state index contributed by atoms with van der Waals surface area (Å²) in [5.74, 6) is -2.14. The Kier molecular flexibility index (Phi) is 4.74. The number of carbonyl (C=O) groups is 1. The molecule has 0 unspecified atom stereocenters. The summed E-state index contributed by atoms with van der Waals surface area (Å²) < 4.78 is 33.6. The second-order valence-corrected chi connectivity index (χ2v) is 5.87. The molecule has 126 valence electrons. The number of rotatable bonds is 6. The van der Waals surface area contributed by atoms with E-state index in [-0.39, 0.29) is 23.6 Å². The van der Waals surface area contributed by atoms with Gasteiger partial charge in [-0.2, -0.15) is 0 Å². The SMILES string of the molecule is O=C(OCCCn1ccccc1=O)[C@H]1C[C@H]1c1cc(F)ccc1F. The molecular weight excluding hydrogens is 316 g/mol. The highest BCUT2D eigenvalue weighted by atomic mass is 19.1. The van der Waals surface area contributed by atoms with Crippen LogP contribution in [0.1, 0.15) is 24.3 Å². The van der Waals surface area contributed by atoms with Crippen LogP contribution in [0.15, 0.2) is 47.4 Å². The predicted octanol–water partition coefficient (Wildman–Crippen LogP) is 2.86. The summed E-state index contributed by atoms with van der Waals surface area (Å²) >= 11 is 0. The van der Waals surface area contributed by atoms with E-state index >= 15 is 0 Å². The van der Waals surface area contributed by atoms with Crippen LogP contribution in [0.5, 0.6) is 0 Å². The van der Waals surface area contributed by atoms with E-state index in [1.165, 1.54) is 10.6 Å². The van der Waals surface area contributed by atoms with Gasteiger partial charge in [0.1, 0.15) is 11.6 Å². The molecule has 2 aromatic rings. The maximum absolute atomic E-state index is 13.7. The van der Waals surface area contributed by atoms with Crippen LogP contribution < -0.4 is 5.56 Å². The summed E-state index contributed by atoms with van der Waals surface area (Å²) in [6.45, 7) is 0.647. The molecule has 0 saturated heterocycles. The van der Waals surface area contributed by atoms with Crippen molar-refractivity contribution in [2.45, 2.75) is 25.3 Å². The molecule has 1 fully saturated rings. The summed E-state index contributed by atoms with van der Waals surface area (Å²) in [5.41, 5.74) is 0.125. The molecule has 1 aliphatic carbocycles. The summed E-state index contributed by atoms with van der Waals surface area (Å²) in [5, 5.41) is 0. The lowest BCUT2D eigenvalue weighted by molar-refractivity contribution is -0.145. The average molecular weight is 333 g/mol. The lowest BCUT2D eigenvalue weighted by Gasteiger charge is -2.07. The van der Waals surface area contributed by atoms with Crippen molar-refractivity contribution in [3.8, 4) is 0 Å². The molecule has 0 spiro atoms. The topological polar surface area (TPSA) is 48.3 Å². The van der Waals surface area contributed by atoms with E-state index in [0.717, 1.165) is 18.2 Å². The van der Waals surface area contributed by atoms with Gasteiger partial charge in [0.2, 0.25) is 5.56 Å². The minimum Gasteiger partial charge on any atom is -0.465 e. The number of aryl methyl sites for hydroxylation is 1. The second-order valence-electron chi connectivity index (χ2n) is 5.87. The summed E-state index contributed by atoms with van der Waals surface area (Å²) in [6.07, 6.45) is 2.66. The molecule has 1 saturated carbocycles. The van der Waals surface area contributed by atoms with Crippen LogP contribution >= 0.6 is 0 Å². The molecule has 3 rings (SSSR count). The van der Waals surface area contributed by atoms with Crippen LogP contribution in [-0.2, 0) is 16.1 Å². The highest BCUT2D eigenvalue weighted by molar-refractivity contribution is 5.77. The molecule has 1 aliphatic rings. The van der Waals surface area contributed by atoms with E-state index in [1.54, 1.807) is 18.3 Å². The number of aromatic nitrogens is 1. The molecule has 0 aliphatic heterocycles. The third-order valence-corrected chi connectivity index (χ3v) is 4.14. The highest BCUT2D eigenvalue weighted by Gasteiger charge is 2.46. The Hall–Kier alpha value is -2.50. The zero-order valence-corrected chi connectivity index (χ0v) is 13.0. The van der Waals surface area contributed by atoms with Crippen molar-refractivity contribution in [3.05, 3.63) is 70.1 Å². The van der Waals surface area contributed by atoms with Gasteiger partial charge in [0.05, 0.1) is 12.5 Å². The second kappa shape index (κ2) is 6.95. The minimum absolute atomic E-state index is 0.104. The van der Waals surface area contributed by atoms with Gasteiger partial charge in [-0.1, -0.05) is 6.07 Å². The first-order chi connectivity index (χ1) is 11.6. The molecule has 0 bridgehead atoms. The molecule has 6 heteroatoms. The number of ether oxygens (including phenoxy) is 1. The van der Waals surface area contributed by atoms with E-state index in [1.807, 2.05) is 0 Å². The van der Waals surface area contributed by atoms with Gasteiger partial charge >= 0.3 is 5.97 Å². The molecule has 1 aromatic carbocycles. The third kappa shape index (κ3) is 3.69. The number of esters is 1. The Labute approximate surface area is 137 Å². The van der Waals surface area contributed by atoms with Crippen LogP contribution in [0.3, 0.4) is 0 Å². The quantitative estimate of drug-likeness (QED) is 0.603. The fourth-order valence-corrected chi connectivity index (χ4v) is 2.76. The van der Waals surface area contributed by atoms with E-state index in [9.17, 15) is 18.4 Å². The van der Waals surface area contributed by atoms with Crippen molar-refractivity contribution in [1.29, 1.82) is 0 Å². The third-order valence-electron chi connectivity index (χ3n) is 4.14. The van der Waals surface area contributed by atoms with Gasteiger partial charge < -0.3 is 9.30 Å². The number of pyridine rings is 1. The van der Waals surface area contributed by atoms with Gasteiger partial charge in [-0.15, -0.1) is 0 Å². The van der Waals surface area contributed by atoms with E-state index in [0.29, 0.717) is 19.4 Å². The Morgan fingerprint density at radius 3 is 2.88 bits per heavy atom. The fourth-order valence-electron chi connectivity index (χ4n) is 2.76. The summed E-state index contributed by atoms with van der Waals surface area (Å²) in [4.78, 5) is 23.5. The Morgan fingerprint density at radius 2 is 2.08 bits per heavy atom. The molecule has 24 heavy (non-hydrogen) atoms. The zero-order chi connectivity index (χ0) is 17.1. The van der Waals surface area contributed by atoms with Gasteiger partial charge in [-0.05, 0) is 42.7 Å². The van der Waals surface area contributed by atoms with Gasteiger partial charge in [0.15, 0.2) is 0 Å². The van der Waals surface area contributed by atoms with Crippen molar-refractivity contribution in [1.82, 2.24) is 4.57 Å². The maximum Gasteiger partial charge on any atom is 0.309 e. The normalized spacial score (nSPS) is 19.1. The molecule has 1 aromatic heterocycles. The molecule has 0 radical (unpaired) electrons. The van der Waals surface area contributed by atoms with Crippen molar-refractivity contribution >= 4 is 5.97 Å². The van der Waals surface area contributed by atoms with Gasteiger partial charge in [0, 0.05) is 24.7 Å². The largest absolute Gasteiger partial charge is 0.465 e. The number of benzene rings is 1. The minimum atomic E-state index is -0.515. The first kappa shape index (κ1) is 16.4. The Balaban J connectivity index is 1.46. The number of hydrogen-bond acceptors (Lipinski definition) is 3. The number of carbonyl (C=O) groups excluding carboxylic acids is 1. The van der Waals surface area contributed by atoms with Crippen molar-refractivity contribution in [2.24, 2.45) is 5.92 Å².